The molecule has 0 unspecified atom stereocenters. The molecular weight excluding hydrogens is 254 g/mol. The number of nitrogens with zero attached hydrogens (tertiary/aromatic N) is 2. The molecule has 1 N–H and O–H groups in total. The average Bonchev–Trinajstić information content (AvgIpc) is 2.47. The minimum Gasteiger partial charge on any atom is -0.339 e. The van der Waals surface area contributed by atoms with E-state index < -0.39 is 0 Å². The van der Waals surface area contributed by atoms with Crippen molar-refractivity contribution in [3.63, 3.8) is 0 Å². The molecule has 0 saturated carbocycles. The maximum atomic E-state index is 12.3. The van der Waals surface area contributed by atoms with Gasteiger partial charge in [0.2, 0.25) is 5.56 Å². The van der Waals surface area contributed by atoms with Crippen molar-refractivity contribution in [3.05, 3.63) is 34.2 Å². The predicted molar refractivity (Wildman–Crippen MR) is 81.0 cm³/mol. The zero-order valence-corrected chi connectivity index (χ0v) is 12.7. The molecule has 1 rings (SSSR count). The summed E-state index contributed by atoms with van der Waals surface area (Å²) in [4.78, 5) is 30.2. The summed E-state index contributed by atoms with van der Waals surface area (Å²) in [5.74, 6) is -0.0712. The molecule has 0 atom stereocenters. The smallest absolute Gasteiger partial charge is 0.254 e. The minimum atomic E-state index is -0.241. The number of carbonyl (C=O) groups is 1. The summed E-state index contributed by atoms with van der Waals surface area (Å²) in [5, 5.41) is 0. The first kappa shape index (κ1) is 16.4. The molecule has 1 amide bonds. The molecule has 0 bridgehead atoms. The Labute approximate surface area is 120 Å². The Hall–Kier alpha value is -1.62. The molecule has 0 aliphatic carbocycles. The largest absolute Gasteiger partial charge is 0.339 e. The molecule has 0 aliphatic rings. The average molecular weight is 279 g/mol. The second-order valence-corrected chi connectivity index (χ2v) is 4.71. The minimum absolute atomic E-state index is 0.0712. The number of rotatable bonds is 8. The van der Waals surface area contributed by atoms with Crippen molar-refractivity contribution in [2.45, 2.75) is 27.2 Å². The van der Waals surface area contributed by atoms with Crippen LogP contribution in [0.25, 0.3) is 0 Å². The van der Waals surface area contributed by atoms with Crippen molar-refractivity contribution in [2.24, 2.45) is 0 Å². The van der Waals surface area contributed by atoms with Crippen LogP contribution in [-0.4, -0.2) is 53.4 Å². The van der Waals surface area contributed by atoms with Gasteiger partial charge in [-0.15, -0.1) is 0 Å². The van der Waals surface area contributed by atoms with Gasteiger partial charge in [-0.05, 0) is 39.0 Å². The summed E-state index contributed by atoms with van der Waals surface area (Å²) in [6.07, 6.45) is 2.46. The highest BCUT2D eigenvalue weighted by atomic mass is 16.2. The summed E-state index contributed by atoms with van der Waals surface area (Å²) < 4.78 is 0. The Balaban J connectivity index is 2.57. The molecule has 112 valence electrons. The van der Waals surface area contributed by atoms with Crippen LogP contribution in [0.1, 0.15) is 37.6 Å². The fourth-order valence-electron chi connectivity index (χ4n) is 2.19. The topological polar surface area (TPSA) is 56.4 Å². The molecule has 0 aromatic carbocycles. The maximum Gasteiger partial charge on any atom is 0.254 e. The van der Waals surface area contributed by atoms with Gasteiger partial charge in [-0.1, -0.05) is 13.8 Å². The second kappa shape index (κ2) is 8.53. The number of H-pyrrole nitrogens is 1. The van der Waals surface area contributed by atoms with Gasteiger partial charge in [-0.3, -0.25) is 9.59 Å². The van der Waals surface area contributed by atoms with E-state index in [1.54, 1.807) is 11.0 Å². The summed E-state index contributed by atoms with van der Waals surface area (Å²) in [5.41, 5.74) is 0.216. The van der Waals surface area contributed by atoms with Crippen LogP contribution >= 0.6 is 0 Å². The second-order valence-electron chi connectivity index (χ2n) is 4.71. The van der Waals surface area contributed by atoms with Crippen LogP contribution in [0.2, 0.25) is 0 Å². The molecule has 1 aromatic heterocycles. The first-order valence-corrected chi connectivity index (χ1v) is 7.32. The first-order valence-electron chi connectivity index (χ1n) is 7.32. The van der Waals surface area contributed by atoms with Gasteiger partial charge in [0.05, 0.1) is 0 Å². The van der Waals surface area contributed by atoms with Crippen molar-refractivity contribution in [2.75, 3.05) is 32.7 Å². The zero-order valence-electron chi connectivity index (χ0n) is 12.7. The highest BCUT2D eigenvalue weighted by Crippen LogP contribution is 2.03. The molecule has 0 spiro atoms. The van der Waals surface area contributed by atoms with Crippen LogP contribution in [0.4, 0.5) is 0 Å². The lowest BCUT2D eigenvalue weighted by molar-refractivity contribution is 0.0757. The number of carbonyl (C=O) groups excluding carboxylic acids is 1. The van der Waals surface area contributed by atoms with Crippen molar-refractivity contribution in [1.29, 1.82) is 0 Å². The number of aromatic amines is 1. The standard InChI is InChI=1S/C15H25N3O2/c1-4-17(5-2)10-7-11-18(6-3)15(20)13-8-9-16-14(19)12-13/h8-9,12H,4-7,10-11H2,1-3H3,(H,16,19). The molecule has 0 fully saturated rings. The molecule has 1 heterocycles. The van der Waals surface area contributed by atoms with Gasteiger partial charge in [0.25, 0.3) is 5.91 Å². The van der Waals surface area contributed by atoms with Crippen molar-refractivity contribution >= 4 is 5.91 Å². The molecule has 20 heavy (non-hydrogen) atoms. The quantitative estimate of drug-likeness (QED) is 0.786. The van der Waals surface area contributed by atoms with Gasteiger partial charge in [-0.2, -0.15) is 0 Å². The Bertz CT molecular complexity index is 466. The highest BCUT2D eigenvalue weighted by Gasteiger charge is 2.14. The van der Waals surface area contributed by atoms with E-state index in [4.69, 9.17) is 0 Å². The third kappa shape index (κ3) is 4.81. The van der Waals surface area contributed by atoms with Crippen LogP contribution < -0.4 is 5.56 Å². The van der Waals surface area contributed by atoms with Crippen LogP contribution in [-0.2, 0) is 0 Å². The molecular formula is C15H25N3O2. The van der Waals surface area contributed by atoms with Crippen molar-refractivity contribution in [1.82, 2.24) is 14.8 Å². The molecule has 0 saturated heterocycles. The molecule has 1 aromatic rings. The summed E-state index contributed by atoms with van der Waals surface area (Å²) >= 11 is 0. The lowest BCUT2D eigenvalue weighted by atomic mass is 10.2. The SMILES string of the molecule is CCN(CC)CCCN(CC)C(=O)c1cc[nH]c(=O)c1. The van der Waals surface area contributed by atoms with Gasteiger partial charge in [0.1, 0.15) is 0 Å². The third-order valence-electron chi connectivity index (χ3n) is 3.49. The number of aromatic nitrogens is 1. The van der Waals surface area contributed by atoms with Crippen LogP contribution in [0.5, 0.6) is 0 Å². The van der Waals surface area contributed by atoms with Gasteiger partial charge in [0.15, 0.2) is 0 Å². The lowest BCUT2D eigenvalue weighted by Crippen LogP contribution is -2.34. The number of amides is 1. The third-order valence-corrected chi connectivity index (χ3v) is 3.49. The van der Waals surface area contributed by atoms with Gasteiger partial charge < -0.3 is 14.8 Å². The van der Waals surface area contributed by atoms with E-state index in [1.165, 1.54) is 12.3 Å². The van der Waals surface area contributed by atoms with E-state index in [0.29, 0.717) is 12.1 Å². The maximum absolute atomic E-state index is 12.3. The molecule has 0 aliphatic heterocycles. The van der Waals surface area contributed by atoms with Crippen LogP contribution in [0.3, 0.4) is 0 Å². The van der Waals surface area contributed by atoms with E-state index in [1.807, 2.05) is 6.92 Å². The van der Waals surface area contributed by atoms with E-state index in [2.05, 4.69) is 23.7 Å². The molecule has 5 nitrogen and oxygen atoms in total. The number of hydrogen-bond donors (Lipinski definition) is 1. The Morgan fingerprint density at radius 3 is 2.40 bits per heavy atom. The van der Waals surface area contributed by atoms with Crippen LogP contribution in [0, 0.1) is 0 Å². The Morgan fingerprint density at radius 1 is 1.15 bits per heavy atom. The van der Waals surface area contributed by atoms with Gasteiger partial charge in [0, 0.05) is 30.9 Å². The van der Waals surface area contributed by atoms with Crippen LogP contribution in [0.15, 0.2) is 23.1 Å². The van der Waals surface area contributed by atoms with E-state index in [9.17, 15) is 9.59 Å². The van der Waals surface area contributed by atoms with Crippen molar-refractivity contribution in [3.8, 4) is 0 Å². The Kier molecular flexibility index (Phi) is 7.01. The predicted octanol–water partition coefficient (Wildman–Crippen LogP) is 1.57. The lowest BCUT2D eigenvalue weighted by Gasteiger charge is -2.23. The Morgan fingerprint density at radius 2 is 1.85 bits per heavy atom. The fraction of sp³-hybridized carbons (Fsp3) is 0.600. The number of pyridine rings is 1. The molecule has 5 heteroatoms. The molecule has 0 radical (unpaired) electrons. The first-order chi connectivity index (χ1) is 9.62. The monoisotopic (exact) mass is 279 g/mol. The summed E-state index contributed by atoms with van der Waals surface area (Å²) in [6.45, 7) is 10.7. The summed E-state index contributed by atoms with van der Waals surface area (Å²) in [7, 11) is 0. The van der Waals surface area contributed by atoms with Crippen molar-refractivity contribution < 1.29 is 4.79 Å². The summed E-state index contributed by atoms with van der Waals surface area (Å²) in [6, 6.07) is 3.01. The van der Waals surface area contributed by atoms with E-state index in [-0.39, 0.29) is 11.5 Å². The van der Waals surface area contributed by atoms with Gasteiger partial charge in [-0.25, -0.2) is 0 Å². The van der Waals surface area contributed by atoms with Gasteiger partial charge >= 0.3 is 0 Å². The number of hydrogen-bond acceptors (Lipinski definition) is 3. The number of nitrogens with one attached hydrogen (secondary N) is 1. The fourth-order valence-corrected chi connectivity index (χ4v) is 2.19. The van der Waals surface area contributed by atoms with E-state index in [0.717, 1.165) is 32.6 Å². The zero-order chi connectivity index (χ0) is 15.0. The van der Waals surface area contributed by atoms with E-state index >= 15 is 0 Å². The highest BCUT2D eigenvalue weighted by molar-refractivity contribution is 5.94. The normalized spacial score (nSPS) is 10.8.